The maximum Gasteiger partial charge on any atom is 0.407 e. The second-order valence-corrected chi connectivity index (χ2v) is 7.67. The molecule has 0 saturated heterocycles. The Morgan fingerprint density at radius 2 is 1.74 bits per heavy atom. The monoisotopic (exact) mass is 416 g/mol. The van der Waals surface area contributed by atoms with Crippen molar-refractivity contribution in [3.63, 3.8) is 0 Å². The number of rotatable bonds is 6. The molecule has 3 aromatic carbocycles. The van der Waals surface area contributed by atoms with Gasteiger partial charge in [0.15, 0.2) is 0 Å². The van der Waals surface area contributed by atoms with Crippen molar-refractivity contribution in [3.05, 3.63) is 94.8 Å². The van der Waals surface area contributed by atoms with E-state index in [-0.39, 0.29) is 18.3 Å². The molecule has 0 atom stereocenters. The lowest BCUT2D eigenvalue weighted by Gasteiger charge is -2.14. The average molecular weight is 416 g/mol. The van der Waals surface area contributed by atoms with Crippen LogP contribution in [0.4, 0.5) is 14.9 Å². The minimum Gasteiger partial charge on any atom is -0.449 e. The lowest BCUT2D eigenvalue weighted by atomic mass is 9.98. The first-order chi connectivity index (χ1) is 15.0. The highest BCUT2D eigenvalue weighted by molar-refractivity contribution is 5.79. The zero-order valence-electron chi connectivity index (χ0n) is 17.4. The van der Waals surface area contributed by atoms with Crippen LogP contribution in [-0.2, 0) is 4.74 Å². The van der Waals surface area contributed by atoms with Crippen LogP contribution in [0.1, 0.15) is 34.6 Å². The Labute approximate surface area is 181 Å². The first-order valence-corrected chi connectivity index (χ1v) is 10.4. The molecule has 0 unspecified atom stereocenters. The van der Waals surface area contributed by atoms with E-state index in [2.05, 4.69) is 29.6 Å². The van der Waals surface area contributed by atoms with Crippen molar-refractivity contribution >= 4 is 17.9 Å². The van der Waals surface area contributed by atoms with Crippen LogP contribution in [0.5, 0.6) is 0 Å². The lowest BCUT2D eigenvalue weighted by molar-refractivity contribution is 0.143. The van der Waals surface area contributed by atoms with Crippen LogP contribution in [0.2, 0.25) is 0 Å². The van der Waals surface area contributed by atoms with Gasteiger partial charge in [-0.1, -0.05) is 60.7 Å². The Balaban J connectivity index is 1.28. The van der Waals surface area contributed by atoms with Gasteiger partial charge < -0.3 is 15.8 Å². The van der Waals surface area contributed by atoms with Crippen LogP contribution in [0.15, 0.2) is 66.7 Å². The number of fused-ring (bicyclic) bond motifs is 3. The summed E-state index contributed by atoms with van der Waals surface area (Å²) in [4.78, 5) is 12.2. The summed E-state index contributed by atoms with van der Waals surface area (Å²) in [5, 5.41) is 2.75. The predicted molar refractivity (Wildman–Crippen MR) is 122 cm³/mol. The predicted octanol–water partition coefficient (Wildman–Crippen LogP) is 5.66. The molecule has 3 N–H and O–H groups in total. The third-order valence-corrected chi connectivity index (χ3v) is 5.61. The second kappa shape index (κ2) is 9.04. The van der Waals surface area contributed by atoms with Gasteiger partial charge in [0, 0.05) is 23.7 Å². The fraction of sp³-hybridized carbons (Fsp3) is 0.192. The number of nitrogens with one attached hydrogen (secondary N) is 1. The molecule has 0 aromatic heterocycles. The summed E-state index contributed by atoms with van der Waals surface area (Å²) in [6.45, 7) is 2.53. The molecule has 0 aliphatic heterocycles. The summed E-state index contributed by atoms with van der Waals surface area (Å²) in [6, 6.07) is 19.5. The van der Waals surface area contributed by atoms with Crippen molar-refractivity contribution in [3.8, 4) is 11.1 Å². The van der Waals surface area contributed by atoms with Gasteiger partial charge >= 0.3 is 6.09 Å². The first-order valence-electron chi connectivity index (χ1n) is 10.4. The number of halogens is 1. The van der Waals surface area contributed by atoms with Crippen molar-refractivity contribution in [2.24, 2.45) is 0 Å². The van der Waals surface area contributed by atoms with Crippen molar-refractivity contribution in [2.75, 3.05) is 18.9 Å². The highest BCUT2D eigenvalue weighted by Gasteiger charge is 2.28. The molecule has 4 rings (SSSR count). The van der Waals surface area contributed by atoms with Gasteiger partial charge in [-0.15, -0.1) is 0 Å². The zero-order chi connectivity index (χ0) is 21.8. The number of anilines is 1. The van der Waals surface area contributed by atoms with Crippen LogP contribution >= 0.6 is 0 Å². The standard InChI is InChI=1S/C26H25FN2O2/c1-17-14-18(24(27)15-25(17)28)8-6-7-13-29-26(30)31-16-23-21-11-4-2-9-19(21)20-10-3-5-12-22(20)23/h2-6,8-12,14-15,23H,7,13,16,28H2,1H3,(H,29,30). The van der Waals surface area contributed by atoms with Gasteiger partial charge in [0.1, 0.15) is 12.4 Å². The van der Waals surface area contributed by atoms with Crippen LogP contribution in [0, 0.1) is 12.7 Å². The molecule has 1 aliphatic rings. The number of ether oxygens (including phenoxy) is 1. The van der Waals surface area contributed by atoms with Gasteiger partial charge in [-0.2, -0.15) is 0 Å². The molecular weight excluding hydrogens is 391 g/mol. The minimum absolute atomic E-state index is 0.0368. The van der Waals surface area contributed by atoms with Gasteiger partial charge in [-0.05, 0) is 53.3 Å². The highest BCUT2D eigenvalue weighted by Crippen LogP contribution is 2.44. The Kier molecular flexibility index (Phi) is 6.03. The average Bonchev–Trinajstić information content (AvgIpc) is 3.09. The number of carbonyl (C=O) groups excluding carboxylic acids is 1. The van der Waals surface area contributed by atoms with E-state index in [9.17, 15) is 9.18 Å². The van der Waals surface area contributed by atoms with Crippen molar-refractivity contribution in [1.29, 1.82) is 0 Å². The van der Waals surface area contributed by atoms with E-state index in [0.29, 0.717) is 24.2 Å². The number of nitrogen functional groups attached to an aromatic ring is 1. The SMILES string of the molecule is Cc1cc(C=CCCNC(=O)OCC2c3ccccc3-c3ccccc32)c(F)cc1N. The van der Waals surface area contributed by atoms with Gasteiger partial charge in [-0.25, -0.2) is 9.18 Å². The fourth-order valence-electron chi connectivity index (χ4n) is 3.96. The van der Waals surface area contributed by atoms with E-state index in [4.69, 9.17) is 10.5 Å². The zero-order valence-corrected chi connectivity index (χ0v) is 17.4. The summed E-state index contributed by atoms with van der Waals surface area (Å²) >= 11 is 0. The van der Waals surface area contributed by atoms with Crippen LogP contribution < -0.4 is 11.1 Å². The summed E-state index contributed by atoms with van der Waals surface area (Å²) in [5.74, 6) is -0.321. The van der Waals surface area contributed by atoms with Crippen molar-refractivity contribution in [1.82, 2.24) is 5.32 Å². The molecule has 3 aromatic rings. The largest absolute Gasteiger partial charge is 0.449 e. The number of hydrogen-bond donors (Lipinski definition) is 2. The number of benzene rings is 3. The number of nitrogens with two attached hydrogens (primary N) is 1. The number of aryl methyl sites for hydroxylation is 1. The van der Waals surface area contributed by atoms with E-state index in [1.54, 1.807) is 12.1 Å². The third kappa shape index (κ3) is 4.45. The Morgan fingerprint density at radius 3 is 2.42 bits per heavy atom. The summed E-state index contributed by atoms with van der Waals surface area (Å²) < 4.78 is 19.4. The molecule has 0 fully saturated rings. The number of hydrogen-bond acceptors (Lipinski definition) is 3. The van der Waals surface area contributed by atoms with E-state index >= 15 is 0 Å². The second-order valence-electron chi connectivity index (χ2n) is 7.67. The molecule has 0 saturated carbocycles. The summed E-state index contributed by atoms with van der Waals surface area (Å²) in [7, 11) is 0. The third-order valence-electron chi connectivity index (χ3n) is 5.61. The molecule has 4 nitrogen and oxygen atoms in total. The molecular formula is C26H25FN2O2. The van der Waals surface area contributed by atoms with Crippen LogP contribution in [0.25, 0.3) is 17.2 Å². The van der Waals surface area contributed by atoms with E-state index in [1.807, 2.05) is 37.3 Å². The topological polar surface area (TPSA) is 64.3 Å². The minimum atomic E-state index is -0.454. The smallest absolute Gasteiger partial charge is 0.407 e. The number of carbonyl (C=O) groups is 1. The Morgan fingerprint density at radius 1 is 1.10 bits per heavy atom. The summed E-state index contributed by atoms with van der Waals surface area (Å²) in [6.07, 6.45) is 3.62. The maximum absolute atomic E-state index is 13.9. The molecule has 158 valence electrons. The molecule has 1 aliphatic carbocycles. The Hall–Kier alpha value is -3.60. The van der Waals surface area contributed by atoms with Gasteiger partial charge in [0.2, 0.25) is 0 Å². The molecule has 5 heteroatoms. The maximum atomic E-state index is 13.9. The molecule has 31 heavy (non-hydrogen) atoms. The molecule has 0 heterocycles. The normalized spacial score (nSPS) is 12.6. The van der Waals surface area contributed by atoms with Gasteiger partial charge in [0.25, 0.3) is 0 Å². The highest BCUT2D eigenvalue weighted by atomic mass is 19.1. The molecule has 0 spiro atoms. The molecule has 0 radical (unpaired) electrons. The van der Waals surface area contributed by atoms with Gasteiger partial charge in [0.05, 0.1) is 0 Å². The van der Waals surface area contributed by atoms with E-state index < -0.39 is 6.09 Å². The Bertz CT molecular complexity index is 1090. The van der Waals surface area contributed by atoms with Crippen molar-refractivity contribution in [2.45, 2.75) is 19.3 Å². The van der Waals surface area contributed by atoms with E-state index in [1.165, 1.54) is 28.3 Å². The first kappa shape index (κ1) is 20.7. The molecule has 1 amide bonds. The van der Waals surface area contributed by atoms with Crippen molar-refractivity contribution < 1.29 is 13.9 Å². The number of alkyl carbamates (subject to hydrolysis) is 1. The molecule has 0 bridgehead atoms. The van der Waals surface area contributed by atoms with Gasteiger partial charge in [-0.3, -0.25) is 0 Å². The van der Waals surface area contributed by atoms with E-state index in [0.717, 1.165) is 5.56 Å². The van der Waals surface area contributed by atoms with Crippen LogP contribution in [0.3, 0.4) is 0 Å². The van der Waals surface area contributed by atoms with Crippen LogP contribution in [-0.4, -0.2) is 19.2 Å². The summed E-state index contributed by atoms with van der Waals surface area (Å²) in [5.41, 5.74) is 12.2. The quantitative estimate of drug-likeness (QED) is 0.403. The number of amides is 1. The fourth-order valence-corrected chi connectivity index (χ4v) is 3.96. The lowest BCUT2D eigenvalue weighted by Crippen LogP contribution is -2.26.